The van der Waals surface area contributed by atoms with Gasteiger partial charge in [0.15, 0.2) is 0 Å². The minimum atomic E-state index is -0.154. The van der Waals surface area contributed by atoms with Crippen LogP contribution < -0.4 is 5.73 Å². The Morgan fingerprint density at radius 2 is 1.74 bits per heavy atom. The van der Waals surface area contributed by atoms with E-state index < -0.39 is 0 Å². The van der Waals surface area contributed by atoms with Gasteiger partial charge < -0.3 is 5.73 Å². The smallest absolute Gasteiger partial charge is 0.127 e. The van der Waals surface area contributed by atoms with Gasteiger partial charge in [-0.1, -0.05) is 30.3 Å². The molecule has 2 aromatic carbocycles. The molecular weight excluding hydrogens is 239 g/mol. The summed E-state index contributed by atoms with van der Waals surface area (Å²) in [6.07, 6.45) is 0. The monoisotopic (exact) mass is 258 g/mol. The molecule has 0 aliphatic rings. The Bertz CT molecular complexity index is 537. The Labute approximate surface area is 113 Å². The molecule has 100 valence electrons. The average molecular weight is 258 g/mol. The Morgan fingerprint density at radius 3 is 2.37 bits per heavy atom. The summed E-state index contributed by atoms with van der Waals surface area (Å²) in [4.78, 5) is 2.12. The van der Waals surface area contributed by atoms with Crippen LogP contribution in [0.15, 0.2) is 48.5 Å². The van der Waals surface area contributed by atoms with Gasteiger partial charge in [0.05, 0.1) is 0 Å². The van der Waals surface area contributed by atoms with Crippen LogP contribution in [0, 0.1) is 5.82 Å². The van der Waals surface area contributed by atoms with Gasteiger partial charge in [-0.15, -0.1) is 0 Å². The van der Waals surface area contributed by atoms with Crippen molar-refractivity contribution in [2.24, 2.45) is 0 Å². The molecule has 3 heteroatoms. The van der Waals surface area contributed by atoms with Gasteiger partial charge in [0.25, 0.3) is 0 Å². The third-order valence-corrected chi connectivity index (χ3v) is 3.46. The van der Waals surface area contributed by atoms with Crippen LogP contribution in [0.1, 0.15) is 24.1 Å². The number of hydrogen-bond acceptors (Lipinski definition) is 2. The van der Waals surface area contributed by atoms with Crippen LogP contribution in [0.2, 0.25) is 0 Å². The first-order valence-corrected chi connectivity index (χ1v) is 6.37. The van der Waals surface area contributed by atoms with Crippen molar-refractivity contribution in [1.82, 2.24) is 4.90 Å². The Hall–Kier alpha value is -1.87. The first kappa shape index (κ1) is 13.6. The van der Waals surface area contributed by atoms with Gasteiger partial charge in [-0.2, -0.15) is 0 Å². The van der Waals surface area contributed by atoms with E-state index in [1.807, 2.05) is 43.4 Å². The van der Waals surface area contributed by atoms with Crippen molar-refractivity contribution < 1.29 is 4.39 Å². The molecule has 0 aromatic heterocycles. The van der Waals surface area contributed by atoms with Gasteiger partial charge in [0.2, 0.25) is 0 Å². The zero-order valence-electron chi connectivity index (χ0n) is 11.3. The summed E-state index contributed by atoms with van der Waals surface area (Å²) in [5.41, 5.74) is 8.33. The SMILES string of the molecule is CC(c1ccc(N)cc1)N(C)Cc1ccccc1F. The number of halogens is 1. The number of anilines is 1. The van der Waals surface area contributed by atoms with E-state index in [1.165, 1.54) is 11.6 Å². The van der Waals surface area contributed by atoms with E-state index in [9.17, 15) is 4.39 Å². The second-order valence-electron chi connectivity index (χ2n) is 4.85. The van der Waals surface area contributed by atoms with Gasteiger partial charge in [0.1, 0.15) is 5.82 Å². The molecule has 0 aliphatic heterocycles. The van der Waals surface area contributed by atoms with Crippen molar-refractivity contribution in [3.8, 4) is 0 Å². The molecule has 2 rings (SSSR count). The third-order valence-electron chi connectivity index (χ3n) is 3.46. The molecule has 2 N–H and O–H groups in total. The molecule has 0 saturated carbocycles. The van der Waals surface area contributed by atoms with E-state index in [2.05, 4.69) is 11.8 Å². The standard InChI is InChI=1S/C16H19FN2/c1-12(13-7-9-15(18)10-8-13)19(2)11-14-5-3-4-6-16(14)17/h3-10,12H,11,18H2,1-2H3. The van der Waals surface area contributed by atoms with E-state index in [0.717, 1.165) is 5.69 Å². The van der Waals surface area contributed by atoms with Gasteiger partial charge in [-0.3, -0.25) is 4.90 Å². The summed E-state index contributed by atoms with van der Waals surface area (Å²) in [6, 6.07) is 14.9. The number of nitrogen functional groups attached to an aromatic ring is 1. The third kappa shape index (κ3) is 3.32. The maximum absolute atomic E-state index is 13.6. The molecule has 0 heterocycles. The zero-order valence-corrected chi connectivity index (χ0v) is 11.3. The molecule has 2 aromatic rings. The van der Waals surface area contributed by atoms with Crippen LogP contribution >= 0.6 is 0 Å². The number of rotatable bonds is 4. The van der Waals surface area contributed by atoms with Crippen molar-refractivity contribution in [3.63, 3.8) is 0 Å². The summed E-state index contributed by atoms with van der Waals surface area (Å²) in [5.74, 6) is -0.154. The first-order chi connectivity index (χ1) is 9.08. The first-order valence-electron chi connectivity index (χ1n) is 6.37. The number of benzene rings is 2. The fourth-order valence-corrected chi connectivity index (χ4v) is 2.06. The highest BCUT2D eigenvalue weighted by Crippen LogP contribution is 2.22. The quantitative estimate of drug-likeness (QED) is 0.849. The van der Waals surface area contributed by atoms with Crippen molar-refractivity contribution in [1.29, 1.82) is 0 Å². The topological polar surface area (TPSA) is 29.3 Å². The molecule has 0 amide bonds. The van der Waals surface area contributed by atoms with E-state index >= 15 is 0 Å². The van der Waals surface area contributed by atoms with Gasteiger partial charge in [-0.25, -0.2) is 4.39 Å². The van der Waals surface area contributed by atoms with E-state index in [4.69, 9.17) is 5.73 Å². The average Bonchev–Trinajstić information content (AvgIpc) is 2.41. The molecule has 1 atom stereocenters. The Morgan fingerprint density at radius 1 is 1.11 bits per heavy atom. The lowest BCUT2D eigenvalue weighted by Crippen LogP contribution is -2.22. The number of nitrogens with two attached hydrogens (primary N) is 1. The summed E-state index contributed by atoms with van der Waals surface area (Å²) in [6.45, 7) is 2.69. The molecule has 0 aliphatic carbocycles. The van der Waals surface area contributed by atoms with Crippen molar-refractivity contribution in [3.05, 3.63) is 65.5 Å². The lowest BCUT2D eigenvalue weighted by atomic mass is 10.1. The van der Waals surface area contributed by atoms with Crippen molar-refractivity contribution in [2.45, 2.75) is 19.5 Å². The molecule has 0 fully saturated rings. The number of nitrogens with zero attached hydrogens (tertiary/aromatic N) is 1. The highest BCUT2D eigenvalue weighted by atomic mass is 19.1. The lowest BCUT2D eigenvalue weighted by molar-refractivity contribution is 0.249. The van der Waals surface area contributed by atoms with Gasteiger partial charge in [0, 0.05) is 23.8 Å². The Kier molecular flexibility index (Phi) is 4.17. The molecule has 19 heavy (non-hydrogen) atoms. The van der Waals surface area contributed by atoms with Gasteiger partial charge in [-0.05, 0) is 37.7 Å². The molecule has 2 nitrogen and oxygen atoms in total. The second kappa shape index (κ2) is 5.85. The second-order valence-corrected chi connectivity index (χ2v) is 4.85. The van der Waals surface area contributed by atoms with Crippen LogP contribution in [-0.2, 0) is 6.54 Å². The molecule has 1 unspecified atom stereocenters. The van der Waals surface area contributed by atoms with Crippen molar-refractivity contribution >= 4 is 5.69 Å². The van der Waals surface area contributed by atoms with Gasteiger partial charge >= 0.3 is 0 Å². The van der Waals surface area contributed by atoms with E-state index in [0.29, 0.717) is 12.1 Å². The zero-order chi connectivity index (χ0) is 13.8. The van der Waals surface area contributed by atoms with Crippen LogP contribution in [0.25, 0.3) is 0 Å². The van der Waals surface area contributed by atoms with Crippen LogP contribution in [-0.4, -0.2) is 11.9 Å². The van der Waals surface area contributed by atoms with Crippen LogP contribution in [0.4, 0.5) is 10.1 Å². The van der Waals surface area contributed by atoms with Crippen LogP contribution in [0.3, 0.4) is 0 Å². The molecular formula is C16H19FN2. The van der Waals surface area contributed by atoms with Crippen molar-refractivity contribution in [2.75, 3.05) is 12.8 Å². The molecule has 0 spiro atoms. The highest BCUT2D eigenvalue weighted by molar-refractivity contribution is 5.40. The number of hydrogen-bond donors (Lipinski definition) is 1. The summed E-state index contributed by atoms with van der Waals surface area (Å²) < 4.78 is 13.6. The fraction of sp³-hybridized carbons (Fsp3) is 0.250. The van der Waals surface area contributed by atoms with E-state index in [1.54, 1.807) is 6.07 Å². The Balaban J connectivity index is 2.09. The lowest BCUT2D eigenvalue weighted by Gasteiger charge is -2.25. The highest BCUT2D eigenvalue weighted by Gasteiger charge is 2.13. The van der Waals surface area contributed by atoms with E-state index in [-0.39, 0.29) is 11.9 Å². The molecule has 0 radical (unpaired) electrons. The normalized spacial score (nSPS) is 12.6. The summed E-state index contributed by atoms with van der Waals surface area (Å²) in [5, 5.41) is 0. The fourth-order valence-electron chi connectivity index (χ4n) is 2.06. The minimum Gasteiger partial charge on any atom is -0.399 e. The predicted molar refractivity (Wildman–Crippen MR) is 77.1 cm³/mol. The summed E-state index contributed by atoms with van der Waals surface area (Å²) in [7, 11) is 1.99. The molecule has 0 saturated heterocycles. The maximum atomic E-state index is 13.6. The minimum absolute atomic E-state index is 0.154. The predicted octanol–water partition coefficient (Wildman–Crippen LogP) is 3.60. The maximum Gasteiger partial charge on any atom is 0.127 e. The summed E-state index contributed by atoms with van der Waals surface area (Å²) >= 11 is 0. The largest absolute Gasteiger partial charge is 0.399 e. The van der Waals surface area contributed by atoms with Crippen LogP contribution in [0.5, 0.6) is 0 Å². The molecule has 0 bridgehead atoms.